The Labute approximate surface area is 127 Å². The minimum Gasteiger partial charge on any atom is -0.491 e. The first-order valence-corrected chi connectivity index (χ1v) is 7.68. The quantitative estimate of drug-likeness (QED) is 0.848. The fourth-order valence-corrected chi connectivity index (χ4v) is 2.76. The maximum absolute atomic E-state index is 6.85. The second-order valence-corrected chi connectivity index (χ2v) is 5.75. The molecule has 2 heteroatoms. The number of benzene rings is 2. The third kappa shape index (κ3) is 3.45. The summed E-state index contributed by atoms with van der Waals surface area (Å²) < 4.78 is 5.98. The molecule has 0 saturated heterocycles. The molecule has 21 heavy (non-hydrogen) atoms. The van der Waals surface area contributed by atoms with Crippen LogP contribution in [0.15, 0.2) is 54.6 Å². The molecular formula is C19H25NO. The normalized spacial score (nSPS) is 14.0. The third-order valence-electron chi connectivity index (χ3n) is 3.66. The van der Waals surface area contributed by atoms with Crippen LogP contribution in [0.1, 0.15) is 44.7 Å². The fourth-order valence-electron chi connectivity index (χ4n) is 2.76. The summed E-state index contributed by atoms with van der Waals surface area (Å²) in [5.74, 6) is 0.882. The minimum absolute atomic E-state index is 0.132. The second-order valence-electron chi connectivity index (χ2n) is 5.75. The molecule has 0 aromatic heterocycles. The molecule has 2 rings (SSSR count). The summed E-state index contributed by atoms with van der Waals surface area (Å²) in [5.41, 5.74) is 8.53. The van der Waals surface area contributed by atoms with Crippen LogP contribution in [0, 0.1) is 0 Å². The van der Waals surface area contributed by atoms with Crippen molar-refractivity contribution >= 4 is 0 Å². The van der Waals surface area contributed by atoms with Crippen molar-refractivity contribution in [3.8, 4) is 5.75 Å². The van der Waals surface area contributed by atoms with Crippen molar-refractivity contribution in [1.29, 1.82) is 0 Å². The molecule has 0 radical (unpaired) electrons. The van der Waals surface area contributed by atoms with Gasteiger partial charge >= 0.3 is 0 Å². The molecule has 2 N–H and O–H groups in total. The maximum Gasteiger partial charge on any atom is 0.125 e. The monoisotopic (exact) mass is 283 g/mol. The van der Waals surface area contributed by atoms with Crippen molar-refractivity contribution in [2.24, 2.45) is 5.73 Å². The lowest BCUT2D eigenvalue weighted by atomic mass is 9.80. The van der Waals surface area contributed by atoms with E-state index in [9.17, 15) is 0 Å². The first-order chi connectivity index (χ1) is 10.1. The van der Waals surface area contributed by atoms with E-state index in [1.807, 2.05) is 50.2 Å². The van der Waals surface area contributed by atoms with Crippen LogP contribution in [0.2, 0.25) is 0 Å². The van der Waals surface area contributed by atoms with E-state index in [1.54, 1.807) is 0 Å². The summed E-state index contributed by atoms with van der Waals surface area (Å²) in [5, 5.41) is 0. The molecule has 0 spiro atoms. The molecule has 0 aliphatic carbocycles. The van der Waals surface area contributed by atoms with E-state index in [1.165, 1.54) is 0 Å². The van der Waals surface area contributed by atoms with Gasteiger partial charge < -0.3 is 10.5 Å². The summed E-state index contributed by atoms with van der Waals surface area (Å²) in [6.07, 6.45) is 2.03. The molecule has 0 aliphatic heterocycles. The van der Waals surface area contributed by atoms with Gasteiger partial charge in [-0.15, -0.1) is 0 Å². The highest BCUT2D eigenvalue weighted by Crippen LogP contribution is 2.37. The predicted molar refractivity (Wildman–Crippen MR) is 88.5 cm³/mol. The SMILES string of the molecule is CCCC(N)(c1ccccc1)c1ccccc1OC(C)C. The van der Waals surface area contributed by atoms with Gasteiger partial charge in [-0.05, 0) is 31.9 Å². The zero-order valence-corrected chi connectivity index (χ0v) is 13.2. The Morgan fingerprint density at radius 2 is 1.62 bits per heavy atom. The Hall–Kier alpha value is -1.80. The Morgan fingerprint density at radius 1 is 1.00 bits per heavy atom. The summed E-state index contributed by atoms with van der Waals surface area (Å²) in [6.45, 7) is 6.24. The topological polar surface area (TPSA) is 35.2 Å². The van der Waals surface area contributed by atoms with Crippen LogP contribution >= 0.6 is 0 Å². The third-order valence-corrected chi connectivity index (χ3v) is 3.66. The number of ether oxygens (including phenoxy) is 1. The Balaban J connectivity index is 2.53. The molecule has 1 unspecified atom stereocenters. The van der Waals surface area contributed by atoms with Crippen molar-refractivity contribution in [2.75, 3.05) is 0 Å². The lowest BCUT2D eigenvalue weighted by Crippen LogP contribution is -2.38. The van der Waals surface area contributed by atoms with Gasteiger partial charge in [0.1, 0.15) is 5.75 Å². The summed E-state index contributed by atoms with van der Waals surface area (Å²) in [6, 6.07) is 18.4. The number of hydrogen-bond acceptors (Lipinski definition) is 2. The van der Waals surface area contributed by atoms with E-state index in [-0.39, 0.29) is 6.10 Å². The molecule has 2 nitrogen and oxygen atoms in total. The molecular weight excluding hydrogens is 258 g/mol. The van der Waals surface area contributed by atoms with Gasteiger partial charge in [-0.25, -0.2) is 0 Å². The molecule has 2 aromatic rings. The van der Waals surface area contributed by atoms with Crippen LogP contribution in [0.3, 0.4) is 0 Å². The van der Waals surface area contributed by atoms with Gasteiger partial charge in [-0.2, -0.15) is 0 Å². The van der Waals surface area contributed by atoms with Crippen LogP contribution in [0.5, 0.6) is 5.75 Å². The number of para-hydroxylation sites is 1. The molecule has 0 saturated carbocycles. The van der Waals surface area contributed by atoms with Gasteiger partial charge in [-0.3, -0.25) is 0 Å². The standard InChI is InChI=1S/C19H25NO/c1-4-14-19(20,16-10-6-5-7-11-16)17-12-8-9-13-18(17)21-15(2)3/h5-13,15H,4,14,20H2,1-3H3. The van der Waals surface area contributed by atoms with Crippen molar-refractivity contribution in [3.05, 3.63) is 65.7 Å². The maximum atomic E-state index is 6.85. The summed E-state index contributed by atoms with van der Waals surface area (Å²) in [7, 11) is 0. The first-order valence-electron chi connectivity index (χ1n) is 7.68. The van der Waals surface area contributed by atoms with E-state index in [0.29, 0.717) is 0 Å². The Morgan fingerprint density at radius 3 is 2.24 bits per heavy atom. The highest BCUT2D eigenvalue weighted by molar-refractivity contribution is 5.46. The first kappa shape index (κ1) is 15.6. The smallest absolute Gasteiger partial charge is 0.125 e. The number of nitrogens with two attached hydrogens (primary N) is 1. The molecule has 112 valence electrons. The van der Waals surface area contributed by atoms with Gasteiger partial charge in [0, 0.05) is 5.56 Å². The van der Waals surface area contributed by atoms with Crippen molar-refractivity contribution in [2.45, 2.75) is 45.3 Å². The zero-order chi connectivity index (χ0) is 15.3. The van der Waals surface area contributed by atoms with Gasteiger partial charge in [0.15, 0.2) is 0 Å². The van der Waals surface area contributed by atoms with Crippen LogP contribution in [0.4, 0.5) is 0 Å². The number of hydrogen-bond donors (Lipinski definition) is 1. The second kappa shape index (κ2) is 6.77. The van der Waals surface area contributed by atoms with Crippen LogP contribution < -0.4 is 10.5 Å². The summed E-state index contributed by atoms with van der Waals surface area (Å²) in [4.78, 5) is 0. The van der Waals surface area contributed by atoms with E-state index in [0.717, 1.165) is 29.7 Å². The average molecular weight is 283 g/mol. The minimum atomic E-state index is -0.512. The Bertz CT molecular complexity index is 565. The predicted octanol–water partition coefficient (Wildman–Crippen LogP) is 4.48. The van der Waals surface area contributed by atoms with Gasteiger partial charge in [0.05, 0.1) is 11.6 Å². The highest BCUT2D eigenvalue weighted by Gasteiger charge is 2.31. The van der Waals surface area contributed by atoms with Crippen molar-refractivity contribution in [3.63, 3.8) is 0 Å². The summed E-state index contributed by atoms with van der Waals surface area (Å²) >= 11 is 0. The lowest BCUT2D eigenvalue weighted by molar-refractivity contribution is 0.235. The highest BCUT2D eigenvalue weighted by atomic mass is 16.5. The molecule has 2 aromatic carbocycles. The molecule has 0 aliphatic rings. The molecule has 0 amide bonds. The van der Waals surface area contributed by atoms with Crippen molar-refractivity contribution in [1.82, 2.24) is 0 Å². The van der Waals surface area contributed by atoms with Crippen molar-refractivity contribution < 1.29 is 4.74 Å². The van der Waals surface area contributed by atoms with E-state index < -0.39 is 5.54 Å². The largest absolute Gasteiger partial charge is 0.491 e. The average Bonchev–Trinajstić information content (AvgIpc) is 2.48. The Kier molecular flexibility index (Phi) is 5.03. The van der Waals surface area contributed by atoms with E-state index in [2.05, 4.69) is 25.1 Å². The van der Waals surface area contributed by atoms with E-state index in [4.69, 9.17) is 10.5 Å². The van der Waals surface area contributed by atoms with Gasteiger partial charge in [0.25, 0.3) is 0 Å². The lowest BCUT2D eigenvalue weighted by Gasteiger charge is -2.32. The molecule has 0 bridgehead atoms. The molecule has 0 fully saturated rings. The molecule has 1 atom stereocenters. The van der Waals surface area contributed by atoms with Gasteiger partial charge in [0.2, 0.25) is 0 Å². The van der Waals surface area contributed by atoms with E-state index >= 15 is 0 Å². The fraction of sp³-hybridized carbons (Fsp3) is 0.368. The number of rotatable bonds is 6. The van der Waals surface area contributed by atoms with Crippen LogP contribution in [0.25, 0.3) is 0 Å². The van der Waals surface area contributed by atoms with Gasteiger partial charge in [-0.1, -0.05) is 61.9 Å². The van der Waals surface area contributed by atoms with Crippen LogP contribution in [-0.2, 0) is 5.54 Å². The van der Waals surface area contributed by atoms with Crippen LogP contribution in [-0.4, -0.2) is 6.10 Å². The molecule has 0 heterocycles. The zero-order valence-electron chi connectivity index (χ0n) is 13.2.